The number of carbonyl (C=O) groups is 1. The standard InChI is InChI=1S/C15H17ClO2/c1-14(2)8-3-9-15(13(14)17)12(18-15)10-4-6-11(16)7-5-10/h4-7,12H,3,8-9H2,1-2H3/t12-,15-/m1/s1. The van der Waals surface area contributed by atoms with Gasteiger partial charge in [-0.1, -0.05) is 37.6 Å². The van der Waals surface area contributed by atoms with Crippen LogP contribution >= 0.6 is 11.6 Å². The Kier molecular flexibility index (Phi) is 2.58. The predicted molar refractivity (Wildman–Crippen MR) is 70.6 cm³/mol. The molecule has 3 rings (SSSR count). The molecule has 0 bridgehead atoms. The summed E-state index contributed by atoms with van der Waals surface area (Å²) in [6.45, 7) is 4.05. The van der Waals surface area contributed by atoms with E-state index in [4.69, 9.17) is 16.3 Å². The van der Waals surface area contributed by atoms with Crippen molar-refractivity contribution in [2.75, 3.05) is 0 Å². The number of halogens is 1. The summed E-state index contributed by atoms with van der Waals surface area (Å²) in [4.78, 5) is 12.5. The highest BCUT2D eigenvalue weighted by atomic mass is 35.5. The third-order valence-corrected chi connectivity index (χ3v) is 4.47. The highest BCUT2D eigenvalue weighted by molar-refractivity contribution is 6.30. The third-order valence-electron chi connectivity index (χ3n) is 4.22. The van der Waals surface area contributed by atoms with Crippen LogP contribution in [0, 0.1) is 5.41 Å². The molecule has 0 unspecified atom stereocenters. The summed E-state index contributed by atoms with van der Waals surface area (Å²) in [5.74, 6) is 0.265. The Morgan fingerprint density at radius 3 is 2.56 bits per heavy atom. The fourth-order valence-electron chi connectivity index (χ4n) is 3.11. The Morgan fingerprint density at radius 1 is 1.22 bits per heavy atom. The van der Waals surface area contributed by atoms with E-state index in [1.165, 1.54) is 0 Å². The van der Waals surface area contributed by atoms with E-state index in [-0.39, 0.29) is 17.3 Å². The van der Waals surface area contributed by atoms with Crippen molar-refractivity contribution in [1.29, 1.82) is 0 Å². The van der Waals surface area contributed by atoms with Crippen LogP contribution in [0.2, 0.25) is 5.02 Å². The van der Waals surface area contributed by atoms with E-state index in [9.17, 15) is 4.79 Å². The molecule has 2 fully saturated rings. The van der Waals surface area contributed by atoms with Crippen molar-refractivity contribution >= 4 is 17.4 Å². The van der Waals surface area contributed by atoms with Gasteiger partial charge in [-0.15, -0.1) is 0 Å². The van der Waals surface area contributed by atoms with Gasteiger partial charge in [0.15, 0.2) is 11.4 Å². The van der Waals surface area contributed by atoms with Crippen molar-refractivity contribution in [3.05, 3.63) is 34.9 Å². The number of Topliss-reactive ketones (excluding diaryl/α,β-unsaturated/α-hetero) is 1. The molecule has 3 heteroatoms. The average molecular weight is 265 g/mol. The van der Waals surface area contributed by atoms with E-state index in [0.717, 1.165) is 24.8 Å². The van der Waals surface area contributed by atoms with Crippen molar-refractivity contribution in [1.82, 2.24) is 0 Å². The zero-order valence-electron chi connectivity index (χ0n) is 10.7. The van der Waals surface area contributed by atoms with Gasteiger partial charge in [-0.05, 0) is 37.0 Å². The van der Waals surface area contributed by atoms with E-state index in [0.29, 0.717) is 5.02 Å². The summed E-state index contributed by atoms with van der Waals surface area (Å²) in [5, 5.41) is 0.712. The van der Waals surface area contributed by atoms with Crippen LogP contribution < -0.4 is 0 Å². The summed E-state index contributed by atoms with van der Waals surface area (Å²) in [6, 6.07) is 7.61. The Labute approximate surface area is 112 Å². The first-order valence-electron chi connectivity index (χ1n) is 6.44. The number of hydrogen-bond donors (Lipinski definition) is 0. The molecule has 0 aromatic heterocycles. The smallest absolute Gasteiger partial charge is 0.173 e. The number of carbonyl (C=O) groups excluding carboxylic acids is 1. The summed E-state index contributed by atoms with van der Waals surface area (Å²) < 4.78 is 5.83. The minimum absolute atomic E-state index is 0.0677. The van der Waals surface area contributed by atoms with Crippen LogP contribution in [0.1, 0.15) is 44.8 Å². The van der Waals surface area contributed by atoms with Gasteiger partial charge in [0.1, 0.15) is 6.10 Å². The summed E-state index contributed by atoms with van der Waals surface area (Å²) in [5.41, 5.74) is 0.264. The lowest BCUT2D eigenvalue weighted by Crippen LogP contribution is -2.41. The van der Waals surface area contributed by atoms with Gasteiger partial charge < -0.3 is 4.74 Å². The monoisotopic (exact) mass is 264 g/mol. The minimum Gasteiger partial charge on any atom is -0.353 e. The zero-order valence-corrected chi connectivity index (χ0v) is 11.5. The van der Waals surface area contributed by atoms with E-state index in [2.05, 4.69) is 0 Å². The highest BCUT2D eigenvalue weighted by Gasteiger charge is 2.66. The fraction of sp³-hybridized carbons (Fsp3) is 0.533. The van der Waals surface area contributed by atoms with Gasteiger partial charge >= 0.3 is 0 Å². The molecular weight excluding hydrogens is 248 g/mol. The SMILES string of the molecule is CC1(C)CCC[C@]2(O[C@@H]2c2ccc(Cl)cc2)C1=O. The summed E-state index contributed by atoms with van der Waals surface area (Å²) >= 11 is 5.88. The van der Waals surface area contributed by atoms with Crippen molar-refractivity contribution in [3.63, 3.8) is 0 Å². The molecule has 18 heavy (non-hydrogen) atoms. The summed E-state index contributed by atoms with van der Waals surface area (Å²) in [6.07, 6.45) is 2.80. The van der Waals surface area contributed by atoms with Crippen molar-refractivity contribution in [2.24, 2.45) is 5.41 Å². The lowest BCUT2D eigenvalue weighted by Gasteiger charge is -2.32. The molecule has 1 spiro atoms. The molecule has 1 aliphatic carbocycles. The largest absolute Gasteiger partial charge is 0.353 e. The van der Waals surface area contributed by atoms with Gasteiger partial charge in [0.2, 0.25) is 0 Å². The van der Waals surface area contributed by atoms with Crippen LogP contribution in [-0.4, -0.2) is 11.4 Å². The van der Waals surface area contributed by atoms with E-state index in [1.807, 2.05) is 38.1 Å². The Morgan fingerprint density at radius 2 is 1.89 bits per heavy atom. The van der Waals surface area contributed by atoms with Crippen LogP contribution in [0.15, 0.2) is 24.3 Å². The van der Waals surface area contributed by atoms with Crippen LogP contribution in [0.25, 0.3) is 0 Å². The van der Waals surface area contributed by atoms with E-state index < -0.39 is 5.60 Å². The molecule has 1 saturated heterocycles. The van der Waals surface area contributed by atoms with Crippen molar-refractivity contribution in [2.45, 2.75) is 44.8 Å². The number of benzene rings is 1. The summed E-state index contributed by atoms with van der Waals surface area (Å²) in [7, 11) is 0. The molecular formula is C15H17ClO2. The number of ketones is 1. The first-order valence-corrected chi connectivity index (χ1v) is 6.82. The van der Waals surface area contributed by atoms with Crippen LogP contribution in [-0.2, 0) is 9.53 Å². The molecule has 1 aromatic carbocycles. The lowest BCUT2D eigenvalue weighted by molar-refractivity contribution is -0.135. The average Bonchev–Trinajstić information content (AvgIpc) is 3.03. The maximum absolute atomic E-state index is 12.5. The normalized spacial score (nSPS) is 33.7. The van der Waals surface area contributed by atoms with Crippen molar-refractivity contribution < 1.29 is 9.53 Å². The Bertz CT molecular complexity index is 492. The molecule has 1 aromatic rings. The second kappa shape index (κ2) is 3.82. The Hall–Kier alpha value is -0.860. The second-order valence-electron chi connectivity index (χ2n) is 6.01. The molecule has 1 heterocycles. The molecule has 0 N–H and O–H groups in total. The van der Waals surface area contributed by atoms with Gasteiger partial charge in [0, 0.05) is 10.4 Å². The molecule has 2 atom stereocenters. The van der Waals surface area contributed by atoms with Crippen molar-refractivity contribution in [3.8, 4) is 0 Å². The number of hydrogen-bond acceptors (Lipinski definition) is 2. The van der Waals surface area contributed by atoms with Crippen LogP contribution in [0.4, 0.5) is 0 Å². The van der Waals surface area contributed by atoms with E-state index in [1.54, 1.807) is 0 Å². The highest BCUT2D eigenvalue weighted by Crippen LogP contribution is 2.59. The molecule has 96 valence electrons. The third kappa shape index (κ3) is 1.70. The number of epoxide rings is 1. The predicted octanol–water partition coefficient (Wildman–Crippen LogP) is 3.93. The number of ether oxygens (including phenoxy) is 1. The minimum atomic E-state index is -0.546. The quantitative estimate of drug-likeness (QED) is 0.720. The van der Waals surface area contributed by atoms with Crippen LogP contribution in [0.3, 0.4) is 0 Å². The lowest BCUT2D eigenvalue weighted by atomic mass is 9.69. The molecule has 1 saturated carbocycles. The number of rotatable bonds is 1. The van der Waals surface area contributed by atoms with Gasteiger partial charge in [-0.2, -0.15) is 0 Å². The molecule has 0 radical (unpaired) electrons. The maximum atomic E-state index is 12.5. The van der Waals surface area contributed by atoms with Crippen LogP contribution in [0.5, 0.6) is 0 Å². The Balaban J connectivity index is 1.87. The molecule has 2 aliphatic rings. The van der Waals surface area contributed by atoms with Gasteiger partial charge in [0.05, 0.1) is 0 Å². The van der Waals surface area contributed by atoms with Gasteiger partial charge in [-0.25, -0.2) is 0 Å². The molecule has 2 nitrogen and oxygen atoms in total. The van der Waals surface area contributed by atoms with Gasteiger partial charge in [-0.3, -0.25) is 4.79 Å². The molecule has 1 aliphatic heterocycles. The molecule has 0 amide bonds. The fourth-order valence-corrected chi connectivity index (χ4v) is 3.23. The topological polar surface area (TPSA) is 29.6 Å². The first kappa shape index (κ1) is 12.2. The first-order chi connectivity index (χ1) is 8.46. The maximum Gasteiger partial charge on any atom is 0.173 e. The van der Waals surface area contributed by atoms with Gasteiger partial charge in [0.25, 0.3) is 0 Å². The van der Waals surface area contributed by atoms with E-state index >= 15 is 0 Å². The second-order valence-corrected chi connectivity index (χ2v) is 6.44. The zero-order chi connectivity index (χ0) is 13.0.